The van der Waals surface area contributed by atoms with Crippen molar-refractivity contribution >= 4 is 23.2 Å². The molecule has 1 aromatic carbocycles. The number of benzene rings is 1. The summed E-state index contributed by atoms with van der Waals surface area (Å²) in [4.78, 5) is 11.6. The number of rotatable bonds is 4. The number of hydrogen-bond donors (Lipinski definition) is 1. The molecule has 4 nitrogen and oxygen atoms in total. The third-order valence-corrected chi connectivity index (χ3v) is 3.52. The average Bonchev–Trinajstić information content (AvgIpc) is 2.45. The molecule has 0 bridgehead atoms. The minimum absolute atomic E-state index is 0.0477. The van der Waals surface area contributed by atoms with E-state index in [0.717, 1.165) is 25.0 Å². The fourth-order valence-electron chi connectivity index (χ4n) is 2.22. The summed E-state index contributed by atoms with van der Waals surface area (Å²) >= 11 is 5.77. The predicted octanol–water partition coefficient (Wildman–Crippen LogP) is 3.40. The Hall–Kier alpha value is -1.55. The number of carbonyl (C=O) groups is 1. The summed E-state index contributed by atoms with van der Waals surface area (Å²) in [5, 5.41) is 4.81. The maximum absolute atomic E-state index is 11.6. The first-order chi connectivity index (χ1) is 9.63. The highest BCUT2D eigenvalue weighted by atomic mass is 35.5. The summed E-state index contributed by atoms with van der Waals surface area (Å²) in [6.45, 7) is 2.16. The number of hydrogen-bond acceptors (Lipinski definition) is 3. The number of ether oxygens (including phenoxy) is 1. The second-order valence-electron chi connectivity index (χ2n) is 5.16. The highest BCUT2D eigenvalue weighted by Gasteiger charge is 2.14. The molecule has 1 fully saturated rings. The first-order valence-corrected chi connectivity index (χ1v) is 7.24. The SMILES string of the molecule is C[C@H]1CCC/C(=N/NC(=O)COc2ccc(Cl)cc2)C1. The van der Waals surface area contributed by atoms with Gasteiger partial charge in [0.25, 0.3) is 5.91 Å². The number of nitrogens with zero attached hydrogens (tertiary/aromatic N) is 1. The van der Waals surface area contributed by atoms with Crippen molar-refractivity contribution in [2.24, 2.45) is 11.0 Å². The first-order valence-electron chi connectivity index (χ1n) is 6.86. The molecule has 1 aliphatic rings. The van der Waals surface area contributed by atoms with E-state index in [2.05, 4.69) is 17.5 Å². The van der Waals surface area contributed by atoms with Crippen molar-refractivity contribution in [1.82, 2.24) is 5.43 Å². The van der Waals surface area contributed by atoms with E-state index in [0.29, 0.717) is 16.7 Å². The molecule has 1 amide bonds. The summed E-state index contributed by atoms with van der Waals surface area (Å²) in [7, 11) is 0. The Kier molecular flexibility index (Phi) is 5.41. The molecule has 1 aliphatic carbocycles. The highest BCUT2D eigenvalue weighted by Crippen LogP contribution is 2.20. The smallest absolute Gasteiger partial charge is 0.277 e. The van der Waals surface area contributed by atoms with Crippen LogP contribution in [0.3, 0.4) is 0 Å². The summed E-state index contributed by atoms with van der Waals surface area (Å²) in [6, 6.07) is 6.89. The van der Waals surface area contributed by atoms with Crippen LogP contribution in [-0.4, -0.2) is 18.2 Å². The summed E-state index contributed by atoms with van der Waals surface area (Å²) < 4.78 is 5.34. The highest BCUT2D eigenvalue weighted by molar-refractivity contribution is 6.30. The van der Waals surface area contributed by atoms with Gasteiger partial charge in [0.15, 0.2) is 6.61 Å². The van der Waals surface area contributed by atoms with Crippen LogP contribution < -0.4 is 10.2 Å². The fraction of sp³-hybridized carbons (Fsp3) is 0.467. The molecule has 0 radical (unpaired) electrons. The number of halogens is 1. The number of carbonyl (C=O) groups excluding carboxylic acids is 1. The molecule has 20 heavy (non-hydrogen) atoms. The molecule has 1 N–H and O–H groups in total. The lowest BCUT2D eigenvalue weighted by Gasteiger charge is -2.18. The Morgan fingerprint density at radius 1 is 1.45 bits per heavy atom. The van der Waals surface area contributed by atoms with Crippen molar-refractivity contribution in [1.29, 1.82) is 0 Å². The van der Waals surface area contributed by atoms with Gasteiger partial charge in [-0.2, -0.15) is 5.10 Å². The lowest BCUT2D eigenvalue weighted by Crippen LogP contribution is -2.26. The monoisotopic (exact) mass is 294 g/mol. The van der Waals surface area contributed by atoms with Gasteiger partial charge >= 0.3 is 0 Å². The number of nitrogens with one attached hydrogen (secondary N) is 1. The van der Waals surface area contributed by atoms with E-state index >= 15 is 0 Å². The van der Waals surface area contributed by atoms with Gasteiger partial charge in [-0.1, -0.05) is 18.5 Å². The third-order valence-electron chi connectivity index (χ3n) is 3.27. The van der Waals surface area contributed by atoms with Crippen LogP contribution in [0.4, 0.5) is 0 Å². The van der Waals surface area contributed by atoms with Gasteiger partial charge in [-0.15, -0.1) is 0 Å². The van der Waals surface area contributed by atoms with Crippen molar-refractivity contribution in [3.63, 3.8) is 0 Å². The maximum atomic E-state index is 11.6. The van der Waals surface area contributed by atoms with E-state index in [9.17, 15) is 4.79 Å². The third kappa shape index (κ3) is 4.85. The molecular weight excluding hydrogens is 276 g/mol. The Balaban J connectivity index is 1.75. The molecule has 1 aromatic rings. The van der Waals surface area contributed by atoms with Gasteiger partial charge in [-0.25, -0.2) is 5.43 Å². The zero-order chi connectivity index (χ0) is 14.4. The summed E-state index contributed by atoms with van der Waals surface area (Å²) in [5.41, 5.74) is 3.63. The van der Waals surface area contributed by atoms with Crippen molar-refractivity contribution in [3.05, 3.63) is 29.3 Å². The van der Waals surface area contributed by atoms with Crippen LogP contribution in [0, 0.1) is 5.92 Å². The van der Waals surface area contributed by atoms with E-state index in [1.165, 1.54) is 6.42 Å². The molecule has 108 valence electrons. The molecule has 1 saturated carbocycles. The number of hydrazone groups is 1. The minimum Gasteiger partial charge on any atom is -0.484 e. The fourth-order valence-corrected chi connectivity index (χ4v) is 2.34. The van der Waals surface area contributed by atoms with E-state index in [4.69, 9.17) is 16.3 Å². The van der Waals surface area contributed by atoms with Crippen LogP contribution in [0.1, 0.15) is 32.6 Å². The number of amides is 1. The van der Waals surface area contributed by atoms with Gasteiger partial charge < -0.3 is 4.74 Å². The first kappa shape index (κ1) is 14.9. The van der Waals surface area contributed by atoms with Gasteiger partial charge in [0.1, 0.15) is 5.75 Å². The van der Waals surface area contributed by atoms with Gasteiger partial charge in [-0.3, -0.25) is 4.79 Å². The van der Waals surface area contributed by atoms with Crippen molar-refractivity contribution in [2.75, 3.05) is 6.61 Å². The summed E-state index contributed by atoms with van der Waals surface area (Å²) in [6.07, 6.45) is 4.34. The molecular formula is C15H19ClN2O2. The van der Waals surface area contributed by atoms with E-state index in [1.807, 2.05) is 0 Å². The molecule has 0 aromatic heterocycles. The Morgan fingerprint density at radius 2 is 2.20 bits per heavy atom. The average molecular weight is 295 g/mol. The van der Waals surface area contributed by atoms with Crippen LogP contribution in [0.5, 0.6) is 5.75 Å². The predicted molar refractivity (Wildman–Crippen MR) is 80.2 cm³/mol. The zero-order valence-corrected chi connectivity index (χ0v) is 12.3. The second kappa shape index (κ2) is 7.29. The van der Waals surface area contributed by atoms with Gasteiger partial charge in [0.05, 0.1) is 0 Å². The molecule has 0 saturated heterocycles. The van der Waals surface area contributed by atoms with Crippen LogP contribution in [-0.2, 0) is 4.79 Å². The van der Waals surface area contributed by atoms with Gasteiger partial charge in [0.2, 0.25) is 0 Å². The molecule has 0 aliphatic heterocycles. The largest absolute Gasteiger partial charge is 0.484 e. The zero-order valence-electron chi connectivity index (χ0n) is 11.6. The van der Waals surface area contributed by atoms with Crippen LogP contribution in [0.2, 0.25) is 5.02 Å². The van der Waals surface area contributed by atoms with Crippen molar-refractivity contribution in [2.45, 2.75) is 32.6 Å². The maximum Gasteiger partial charge on any atom is 0.277 e. The molecule has 5 heteroatoms. The minimum atomic E-state index is -0.245. The molecule has 0 spiro atoms. The van der Waals surface area contributed by atoms with E-state index in [1.54, 1.807) is 24.3 Å². The summed E-state index contributed by atoms with van der Waals surface area (Å²) in [5.74, 6) is 1.03. The molecule has 0 unspecified atom stereocenters. The van der Waals surface area contributed by atoms with Gasteiger partial charge in [0, 0.05) is 10.7 Å². The van der Waals surface area contributed by atoms with Gasteiger partial charge in [-0.05, 0) is 55.9 Å². The van der Waals surface area contributed by atoms with E-state index in [-0.39, 0.29) is 12.5 Å². The van der Waals surface area contributed by atoms with Crippen molar-refractivity contribution < 1.29 is 9.53 Å². The Labute approximate surface area is 124 Å². The lowest BCUT2D eigenvalue weighted by molar-refractivity contribution is -0.123. The molecule has 1 atom stereocenters. The Morgan fingerprint density at radius 3 is 2.90 bits per heavy atom. The molecule has 2 rings (SSSR count). The van der Waals surface area contributed by atoms with Crippen LogP contribution in [0.15, 0.2) is 29.4 Å². The quantitative estimate of drug-likeness (QED) is 0.865. The van der Waals surface area contributed by atoms with Crippen molar-refractivity contribution in [3.8, 4) is 5.75 Å². The normalized spacial score (nSPS) is 20.7. The Bertz CT molecular complexity index is 485. The second-order valence-corrected chi connectivity index (χ2v) is 5.59. The molecule has 0 heterocycles. The lowest BCUT2D eigenvalue weighted by atomic mass is 9.89. The van der Waals surface area contributed by atoms with Crippen LogP contribution >= 0.6 is 11.6 Å². The topological polar surface area (TPSA) is 50.7 Å². The van der Waals surface area contributed by atoms with E-state index < -0.39 is 0 Å². The standard InChI is InChI=1S/C15H19ClN2O2/c1-11-3-2-4-13(9-11)17-18-15(19)10-20-14-7-5-12(16)6-8-14/h5-8,11H,2-4,9-10H2,1H3,(H,18,19)/b17-13-/t11-/m0/s1. The van der Waals surface area contributed by atoms with Crippen LogP contribution in [0.25, 0.3) is 0 Å².